The fourth-order valence-electron chi connectivity index (χ4n) is 2.75. The Morgan fingerprint density at radius 2 is 1.80 bits per heavy atom. The Hall–Kier alpha value is -0.0400. The third kappa shape index (κ3) is 2.96. The van der Waals surface area contributed by atoms with Crippen LogP contribution in [0, 0.1) is 17.3 Å². The summed E-state index contributed by atoms with van der Waals surface area (Å²) in [5, 5.41) is 3.77. The quantitative estimate of drug-likeness (QED) is 0.746. The third-order valence-corrected chi connectivity index (χ3v) is 4.93. The van der Waals surface area contributed by atoms with Crippen LogP contribution >= 0.6 is 0 Å². The summed E-state index contributed by atoms with van der Waals surface area (Å²) in [6, 6.07) is 0.733. The highest BCUT2D eigenvalue weighted by atomic mass is 14.9. The second kappa shape index (κ2) is 4.45. The van der Waals surface area contributed by atoms with E-state index in [-0.39, 0.29) is 0 Å². The molecule has 0 aromatic carbocycles. The van der Waals surface area contributed by atoms with E-state index in [0.717, 1.165) is 17.9 Å². The van der Waals surface area contributed by atoms with Gasteiger partial charge in [-0.25, -0.2) is 0 Å². The summed E-state index contributed by atoms with van der Waals surface area (Å²) in [6.07, 6.45) is 8.69. The average molecular weight is 209 g/mol. The van der Waals surface area contributed by atoms with E-state index in [1.165, 1.54) is 45.1 Å². The lowest BCUT2D eigenvalue weighted by Crippen LogP contribution is -2.37. The van der Waals surface area contributed by atoms with Crippen molar-refractivity contribution >= 4 is 0 Å². The molecule has 15 heavy (non-hydrogen) atoms. The molecule has 0 saturated heterocycles. The Morgan fingerprint density at radius 1 is 1.20 bits per heavy atom. The molecule has 1 atom stereocenters. The van der Waals surface area contributed by atoms with Gasteiger partial charge in [-0.1, -0.05) is 26.7 Å². The third-order valence-electron chi connectivity index (χ3n) is 4.93. The van der Waals surface area contributed by atoms with Gasteiger partial charge in [0, 0.05) is 6.04 Å². The van der Waals surface area contributed by atoms with Gasteiger partial charge in [0.2, 0.25) is 0 Å². The molecule has 1 N–H and O–H groups in total. The highest BCUT2D eigenvalue weighted by Crippen LogP contribution is 2.48. The van der Waals surface area contributed by atoms with Crippen LogP contribution in [0.15, 0.2) is 0 Å². The molecule has 1 nitrogen and oxygen atoms in total. The fraction of sp³-hybridized carbons (Fsp3) is 1.00. The van der Waals surface area contributed by atoms with E-state index in [1.54, 1.807) is 0 Å². The van der Waals surface area contributed by atoms with Crippen LogP contribution in [-0.4, -0.2) is 12.6 Å². The molecule has 0 radical (unpaired) electrons. The lowest BCUT2D eigenvalue weighted by Gasteiger charge is -2.29. The Morgan fingerprint density at radius 3 is 2.33 bits per heavy atom. The molecule has 0 amide bonds. The van der Waals surface area contributed by atoms with Crippen molar-refractivity contribution in [3.05, 3.63) is 0 Å². The smallest absolute Gasteiger partial charge is 0.00926 e. The molecule has 2 aliphatic rings. The maximum atomic E-state index is 3.77. The highest BCUT2D eigenvalue weighted by Gasteiger charge is 2.42. The Kier molecular flexibility index (Phi) is 3.39. The normalized spacial score (nSPS) is 36.2. The largest absolute Gasteiger partial charge is 0.313 e. The summed E-state index contributed by atoms with van der Waals surface area (Å²) in [6.45, 7) is 8.47. The molecule has 0 aromatic rings. The Balaban J connectivity index is 1.65. The van der Waals surface area contributed by atoms with E-state index in [0.29, 0.717) is 5.41 Å². The monoisotopic (exact) mass is 209 g/mol. The van der Waals surface area contributed by atoms with E-state index >= 15 is 0 Å². The van der Waals surface area contributed by atoms with Crippen molar-refractivity contribution in [2.45, 2.75) is 65.3 Å². The number of rotatable bonds is 4. The zero-order valence-electron chi connectivity index (χ0n) is 10.7. The number of hydrogen-bond donors (Lipinski definition) is 1. The SMILES string of the molecule is CC1CCC(CNC(C)C2(C)CC2)CC1. The minimum atomic E-state index is 0.641. The van der Waals surface area contributed by atoms with Gasteiger partial charge in [0.15, 0.2) is 0 Å². The molecule has 0 aliphatic heterocycles. The van der Waals surface area contributed by atoms with Crippen molar-refractivity contribution in [1.82, 2.24) is 5.32 Å². The molecule has 0 heterocycles. The Labute approximate surface area is 95.0 Å². The minimum absolute atomic E-state index is 0.641. The molecule has 1 heteroatoms. The van der Waals surface area contributed by atoms with Gasteiger partial charge in [-0.05, 0) is 56.4 Å². The molecule has 0 aromatic heterocycles. The molecule has 2 rings (SSSR count). The number of nitrogens with one attached hydrogen (secondary N) is 1. The van der Waals surface area contributed by atoms with E-state index in [9.17, 15) is 0 Å². The zero-order valence-corrected chi connectivity index (χ0v) is 10.7. The zero-order chi connectivity index (χ0) is 10.9. The van der Waals surface area contributed by atoms with Crippen molar-refractivity contribution < 1.29 is 0 Å². The van der Waals surface area contributed by atoms with Crippen LogP contribution in [0.2, 0.25) is 0 Å². The first-order valence-corrected chi connectivity index (χ1v) is 6.83. The molecular weight excluding hydrogens is 182 g/mol. The minimum Gasteiger partial charge on any atom is -0.313 e. The second-order valence-electron chi connectivity index (χ2n) is 6.41. The summed E-state index contributed by atoms with van der Waals surface area (Å²) in [4.78, 5) is 0. The molecular formula is C14H27N. The van der Waals surface area contributed by atoms with Crippen LogP contribution in [0.3, 0.4) is 0 Å². The van der Waals surface area contributed by atoms with Gasteiger partial charge in [-0.2, -0.15) is 0 Å². The van der Waals surface area contributed by atoms with Gasteiger partial charge >= 0.3 is 0 Å². The fourth-order valence-corrected chi connectivity index (χ4v) is 2.75. The summed E-state index contributed by atoms with van der Waals surface area (Å²) in [5.41, 5.74) is 0.641. The number of hydrogen-bond acceptors (Lipinski definition) is 1. The predicted octanol–water partition coefficient (Wildman–Crippen LogP) is 3.59. The molecule has 88 valence electrons. The van der Waals surface area contributed by atoms with Gasteiger partial charge in [0.1, 0.15) is 0 Å². The van der Waals surface area contributed by atoms with Crippen molar-refractivity contribution in [2.24, 2.45) is 17.3 Å². The molecule has 0 bridgehead atoms. The predicted molar refractivity (Wildman–Crippen MR) is 65.9 cm³/mol. The van der Waals surface area contributed by atoms with Gasteiger partial charge < -0.3 is 5.32 Å². The summed E-state index contributed by atoms with van der Waals surface area (Å²) >= 11 is 0. The molecule has 2 saturated carbocycles. The van der Waals surface area contributed by atoms with Crippen LogP contribution < -0.4 is 5.32 Å². The van der Waals surface area contributed by atoms with Crippen LogP contribution in [0.25, 0.3) is 0 Å². The molecule has 0 spiro atoms. The van der Waals surface area contributed by atoms with Gasteiger partial charge in [0.05, 0.1) is 0 Å². The first-order chi connectivity index (χ1) is 7.10. The van der Waals surface area contributed by atoms with Crippen LogP contribution in [-0.2, 0) is 0 Å². The van der Waals surface area contributed by atoms with Crippen molar-refractivity contribution in [2.75, 3.05) is 6.54 Å². The standard InChI is InChI=1S/C14H27N/c1-11-4-6-13(7-5-11)10-15-12(2)14(3)8-9-14/h11-13,15H,4-10H2,1-3H3. The average Bonchev–Trinajstić information content (AvgIpc) is 2.97. The summed E-state index contributed by atoms with van der Waals surface area (Å²) in [7, 11) is 0. The van der Waals surface area contributed by atoms with Crippen molar-refractivity contribution in [3.8, 4) is 0 Å². The topological polar surface area (TPSA) is 12.0 Å². The van der Waals surface area contributed by atoms with E-state index in [4.69, 9.17) is 0 Å². The van der Waals surface area contributed by atoms with Crippen LogP contribution in [0.1, 0.15) is 59.3 Å². The molecule has 1 unspecified atom stereocenters. The lowest BCUT2D eigenvalue weighted by molar-refractivity contribution is 0.261. The van der Waals surface area contributed by atoms with Crippen molar-refractivity contribution in [3.63, 3.8) is 0 Å². The van der Waals surface area contributed by atoms with Gasteiger partial charge in [-0.15, -0.1) is 0 Å². The first-order valence-electron chi connectivity index (χ1n) is 6.83. The van der Waals surface area contributed by atoms with E-state index in [2.05, 4.69) is 26.1 Å². The second-order valence-corrected chi connectivity index (χ2v) is 6.41. The van der Waals surface area contributed by atoms with E-state index in [1.807, 2.05) is 0 Å². The summed E-state index contributed by atoms with van der Waals surface area (Å²) < 4.78 is 0. The van der Waals surface area contributed by atoms with Gasteiger partial charge in [0.25, 0.3) is 0 Å². The van der Waals surface area contributed by atoms with Crippen LogP contribution in [0.4, 0.5) is 0 Å². The maximum Gasteiger partial charge on any atom is 0.00926 e. The van der Waals surface area contributed by atoms with Crippen molar-refractivity contribution in [1.29, 1.82) is 0 Å². The summed E-state index contributed by atoms with van der Waals surface area (Å²) in [5.74, 6) is 1.95. The highest BCUT2D eigenvalue weighted by molar-refractivity contribution is 4.96. The van der Waals surface area contributed by atoms with Gasteiger partial charge in [-0.3, -0.25) is 0 Å². The Bertz CT molecular complexity index is 199. The molecule has 2 fully saturated rings. The van der Waals surface area contributed by atoms with Crippen LogP contribution in [0.5, 0.6) is 0 Å². The molecule has 2 aliphatic carbocycles. The maximum absolute atomic E-state index is 3.77. The first kappa shape index (κ1) is 11.4. The lowest BCUT2D eigenvalue weighted by atomic mass is 9.83. The van der Waals surface area contributed by atoms with E-state index < -0.39 is 0 Å².